The summed E-state index contributed by atoms with van der Waals surface area (Å²) in [4.78, 5) is 11.9. The van der Waals surface area contributed by atoms with E-state index >= 15 is 0 Å². The Morgan fingerprint density at radius 2 is 2.21 bits per heavy atom. The van der Waals surface area contributed by atoms with Gasteiger partial charge in [0.05, 0.1) is 11.9 Å². The molecule has 0 saturated carbocycles. The lowest BCUT2D eigenvalue weighted by molar-refractivity contribution is -0.732. The normalized spacial score (nSPS) is 13.7. The summed E-state index contributed by atoms with van der Waals surface area (Å²) < 4.78 is 7.39. The van der Waals surface area contributed by atoms with Gasteiger partial charge in [-0.3, -0.25) is 0 Å². The van der Waals surface area contributed by atoms with Crippen LogP contribution in [0.3, 0.4) is 0 Å². The van der Waals surface area contributed by atoms with Gasteiger partial charge in [0.15, 0.2) is 12.4 Å². The van der Waals surface area contributed by atoms with Gasteiger partial charge in [-0.25, -0.2) is 0 Å². The van der Waals surface area contributed by atoms with Gasteiger partial charge < -0.3 is 15.4 Å². The lowest BCUT2D eigenvalue weighted by atomic mass is 10.2. The number of anilines is 1. The molecule has 2 rings (SSSR count). The highest BCUT2D eigenvalue weighted by Gasteiger charge is 2.04. The first-order valence-corrected chi connectivity index (χ1v) is 5.75. The first-order valence-electron chi connectivity index (χ1n) is 5.75. The highest BCUT2D eigenvalue weighted by molar-refractivity contribution is 5.33. The third-order valence-corrected chi connectivity index (χ3v) is 2.48. The average Bonchev–Trinajstić information content (AvgIpc) is 2.41. The third-order valence-electron chi connectivity index (χ3n) is 2.48. The fraction of sp³-hybridized carbons (Fsp3) is 0.154. The molecule has 1 aromatic rings. The van der Waals surface area contributed by atoms with E-state index in [-0.39, 0.29) is 0 Å². The number of nitrogens with zero attached hydrogens (tertiary/aromatic N) is 3. The van der Waals surface area contributed by atoms with Crippen molar-refractivity contribution < 1.29 is 9.30 Å². The molecule has 1 aliphatic heterocycles. The summed E-state index contributed by atoms with van der Waals surface area (Å²) >= 11 is 0. The third kappa shape index (κ3) is 4.04. The van der Waals surface area contributed by atoms with Gasteiger partial charge in [-0.05, 0) is 29.0 Å². The summed E-state index contributed by atoms with van der Waals surface area (Å²) in [6, 6.07) is 3.68. The number of rotatable bonds is 5. The van der Waals surface area contributed by atoms with Crippen LogP contribution in [0.25, 0.3) is 0 Å². The second-order valence-corrected chi connectivity index (χ2v) is 3.99. The van der Waals surface area contributed by atoms with Gasteiger partial charge in [0.2, 0.25) is 0 Å². The minimum Gasteiger partial charge on any atom is -0.394 e. The van der Waals surface area contributed by atoms with Crippen LogP contribution >= 0.6 is 0 Å². The Kier molecular flexibility index (Phi) is 4.41. The minimum absolute atomic E-state index is 0.413. The lowest BCUT2D eigenvalue weighted by Gasteiger charge is -2.17. The van der Waals surface area contributed by atoms with Gasteiger partial charge in [0.25, 0.3) is 6.73 Å². The number of allylic oxidation sites excluding steroid dienone is 3. The standard InChI is InChI=1S/C13H15N4O2/c14-13-2-1-5-17(9-13)11-19-10-16-6-3-12(4-7-16)8-15-18/h1-9H,10-11,14H2/q+1. The fourth-order valence-corrected chi connectivity index (χ4v) is 1.58. The first kappa shape index (κ1) is 13.0. The summed E-state index contributed by atoms with van der Waals surface area (Å²) in [7, 11) is 0. The van der Waals surface area contributed by atoms with E-state index < -0.39 is 0 Å². The maximum Gasteiger partial charge on any atom is 0.254 e. The van der Waals surface area contributed by atoms with Crippen molar-refractivity contribution in [2.75, 3.05) is 12.5 Å². The molecule has 0 unspecified atom stereocenters. The number of nitroso groups, excluding NO2 is 1. The van der Waals surface area contributed by atoms with Crippen LogP contribution in [0.4, 0.5) is 5.69 Å². The molecule has 6 heteroatoms. The van der Waals surface area contributed by atoms with Crippen LogP contribution in [0.1, 0.15) is 0 Å². The summed E-state index contributed by atoms with van der Waals surface area (Å²) in [5.74, 6) is 0. The van der Waals surface area contributed by atoms with Gasteiger partial charge >= 0.3 is 0 Å². The highest BCUT2D eigenvalue weighted by Crippen LogP contribution is 2.09. The monoisotopic (exact) mass is 259 g/mol. The van der Waals surface area contributed by atoms with E-state index in [0.29, 0.717) is 19.1 Å². The first-order chi connectivity index (χ1) is 9.28. The van der Waals surface area contributed by atoms with E-state index in [4.69, 9.17) is 10.5 Å². The second-order valence-electron chi connectivity index (χ2n) is 3.99. The zero-order valence-corrected chi connectivity index (χ0v) is 10.3. The molecule has 0 radical (unpaired) electrons. The molecular weight excluding hydrogens is 244 g/mol. The second kappa shape index (κ2) is 6.46. The smallest absolute Gasteiger partial charge is 0.254 e. The van der Waals surface area contributed by atoms with Crippen LogP contribution in [0, 0.1) is 4.91 Å². The van der Waals surface area contributed by atoms with E-state index in [9.17, 15) is 4.91 Å². The van der Waals surface area contributed by atoms with Gasteiger partial charge in [-0.1, -0.05) is 0 Å². The van der Waals surface area contributed by atoms with Crippen LogP contribution in [-0.4, -0.2) is 11.6 Å². The van der Waals surface area contributed by atoms with Crippen molar-refractivity contribution in [2.45, 2.75) is 6.73 Å². The fourth-order valence-electron chi connectivity index (χ4n) is 1.58. The van der Waals surface area contributed by atoms with Crippen molar-refractivity contribution in [1.82, 2.24) is 4.90 Å². The Hall–Kier alpha value is -2.47. The van der Waals surface area contributed by atoms with Crippen LogP contribution in [0.5, 0.6) is 0 Å². The minimum atomic E-state index is 0.413. The molecule has 98 valence electrons. The number of hydrogen-bond acceptors (Lipinski definition) is 5. The molecule has 1 aromatic heterocycles. The molecule has 0 fully saturated rings. The molecule has 0 bridgehead atoms. The number of pyridine rings is 1. The Morgan fingerprint density at radius 1 is 1.42 bits per heavy atom. The van der Waals surface area contributed by atoms with Crippen molar-refractivity contribution in [3.63, 3.8) is 0 Å². The number of hydrogen-bond donors (Lipinski definition) is 1. The van der Waals surface area contributed by atoms with Gasteiger partial charge in [-0.15, -0.1) is 4.91 Å². The Bertz CT molecular complexity index is 521. The van der Waals surface area contributed by atoms with E-state index in [1.807, 2.05) is 40.2 Å². The zero-order chi connectivity index (χ0) is 13.5. The molecule has 6 nitrogen and oxygen atoms in total. The number of ether oxygens (including phenoxy) is 1. The van der Waals surface area contributed by atoms with Gasteiger partial charge in [-0.2, -0.15) is 4.57 Å². The SMILES string of the molecule is Nc1ccc[n+](COCN2C=CC(=CN=O)C=C2)c1. The lowest BCUT2D eigenvalue weighted by Crippen LogP contribution is -2.35. The Morgan fingerprint density at radius 3 is 2.89 bits per heavy atom. The van der Waals surface area contributed by atoms with Crippen LogP contribution < -0.4 is 10.3 Å². The maximum atomic E-state index is 10.1. The van der Waals surface area contributed by atoms with E-state index in [1.54, 1.807) is 18.3 Å². The molecule has 19 heavy (non-hydrogen) atoms. The van der Waals surface area contributed by atoms with E-state index in [1.165, 1.54) is 6.20 Å². The number of nitrogen functional groups attached to an aromatic ring is 1. The molecule has 0 aliphatic carbocycles. The molecule has 0 atom stereocenters. The Labute approximate surface area is 111 Å². The topological polar surface area (TPSA) is 71.8 Å². The number of nitrogens with two attached hydrogens (primary N) is 1. The molecule has 1 aliphatic rings. The maximum absolute atomic E-state index is 10.1. The quantitative estimate of drug-likeness (QED) is 0.642. The van der Waals surface area contributed by atoms with Crippen molar-refractivity contribution in [1.29, 1.82) is 0 Å². The van der Waals surface area contributed by atoms with Crippen molar-refractivity contribution in [3.05, 3.63) is 65.8 Å². The van der Waals surface area contributed by atoms with Crippen LogP contribution in [-0.2, 0) is 11.5 Å². The van der Waals surface area contributed by atoms with Crippen molar-refractivity contribution in [3.8, 4) is 0 Å². The molecule has 2 N–H and O–H groups in total. The van der Waals surface area contributed by atoms with Crippen molar-refractivity contribution >= 4 is 5.69 Å². The summed E-state index contributed by atoms with van der Waals surface area (Å²) in [5, 5.41) is 2.71. The van der Waals surface area contributed by atoms with Crippen molar-refractivity contribution in [2.24, 2.45) is 5.18 Å². The van der Waals surface area contributed by atoms with Crippen LogP contribution in [0.15, 0.2) is 66.0 Å². The predicted octanol–water partition coefficient (Wildman–Crippen LogP) is 1.48. The molecule has 0 amide bonds. The van der Waals surface area contributed by atoms with E-state index in [0.717, 1.165) is 5.57 Å². The summed E-state index contributed by atoms with van der Waals surface area (Å²) in [5.41, 5.74) is 7.12. The summed E-state index contributed by atoms with van der Waals surface area (Å²) in [6.45, 7) is 0.832. The highest BCUT2D eigenvalue weighted by atomic mass is 16.5. The zero-order valence-electron chi connectivity index (χ0n) is 10.3. The molecular formula is C13H15N4O2+. The van der Waals surface area contributed by atoms with Gasteiger partial charge in [0.1, 0.15) is 6.73 Å². The van der Waals surface area contributed by atoms with Gasteiger partial charge in [0, 0.05) is 18.5 Å². The molecule has 0 aromatic carbocycles. The average molecular weight is 259 g/mol. The number of aromatic nitrogens is 1. The molecule has 0 saturated heterocycles. The predicted molar refractivity (Wildman–Crippen MR) is 71.0 cm³/mol. The molecule has 2 heterocycles. The Balaban J connectivity index is 1.79. The van der Waals surface area contributed by atoms with E-state index in [2.05, 4.69) is 5.18 Å². The molecule has 0 spiro atoms. The summed E-state index contributed by atoms with van der Waals surface area (Å²) in [6.07, 6.45) is 12.2. The largest absolute Gasteiger partial charge is 0.394 e. The van der Waals surface area contributed by atoms with Crippen LogP contribution in [0.2, 0.25) is 0 Å².